The molecule has 0 bridgehead atoms. The van der Waals surface area contributed by atoms with Crippen LogP contribution in [-0.2, 0) is 9.47 Å². The van der Waals surface area contributed by atoms with Gasteiger partial charge in [-0.05, 0) is 24.3 Å². The van der Waals surface area contributed by atoms with Crippen LogP contribution in [0.5, 0.6) is 0 Å². The molecule has 3 fully saturated rings. The molecule has 0 unspecified atom stereocenters. The maximum atomic E-state index is 5.88. The van der Waals surface area contributed by atoms with Crippen molar-refractivity contribution in [2.24, 2.45) is 0 Å². The van der Waals surface area contributed by atoms with Crippen LogP contribution in [0, 0.1) is 0 Å². The molecule has 0 amide bonds. The van der Waals surface area contributed by atoms with Gasteiger partial charge in [-0.3, -0.25) is 4.90 Å². The molecule has 1 saturated carbocycles. The SMILES string of the molecule is c1ccc2c(N3CCN(C4CCC5(CC4)OCCO5)CC3)cccc2c1. The lowest BCUT2D eigenvalue weighted by molar-refractivity contribution is -0.184. The number of rotatable bonds is 2. The van der Waals surface area contributed by atoms with Gasteiger partial charge in [-0.1, -0.05) is 36.4 Å². The summed E-state index contributed by atoms with van der Waals surface area (Å²) in [5.41, 5.74) is 1.39. The Morgan fingerprint density at radius 2 is 1.50 bits per heavy atom. The minimum atomic E-state index is -0.235. The average molecular weight is 352 g/mol. The zero-order valence-electron chi connectivity index (χ0n) is 15.4. The lowest BCUT2D eigenvalue weighted by Gasteiger charge is -2.44. The van der Waals surface area contributed by atoms with Crippen molar-refractivity contribution in [3.63, 3.8) is 0 Å². The van der Waals surface area contributed by atoms with Gasteiger partial charge in [0.2, 0.25) is 0 Å². The van der Waals surface area contributed by atoms with Gasteiger partial charge in [0.1, 0.15) is 0 Å². The molecule has 4 heteroatoms. The van der Waals surface area contributed by atoms with Crippen LogP contribution >= 0.6 is 0 Å². The molecule has 4 nitrogen and oxygen atoms in total. The van der Waals surface area contributed by atoms with E-state index in [0.29, 0.717) is 6.04 Å². The second-order valence-corrected chi connectivity index (χ2v) is 7.86. The topological polar surface area (TPSA) is 24.9 Å². The van der Waals surface area contributed by atoms with Gasteiger partial charge in [-0.25, -0.2) is 0 Å². The highest BCUT2D eigenvalue weighted by atomic mass is 16.7. The highest BCUT2D eigenvalue weighted by Crippen LogP contribution is 2.38. The zero-order valence-corrected chi connectivity index (χ0v) is 15.4. The van der Waals surface area contributed by atoms with E-state index in [0.717, 1.165) is 52.2 Å². The number of anilines is 1. The average Bonchev–Trinajstić information content (AvgIpc) is 3.16. The van der Waals surface area contributed by atoms with Crippen molar-refractivity contribution in [1.29, 1.82) is 0 Å². The first kappa shape index (κ1) is 16.5. The summed E-state index contributed by atoms with van der Waals surface area (Å²) in [7, 11) is 0. The summed E-state index contributed by atoms with van der Waals surface area (Å²) in [6, 6.07) is 16.1. The summed E-state index contributed by atoms with van der Waals surface area (Å²) in [5, 5.41) is 2.71. The molecule has 2 aliphatic heterocycles. The lowest BCUT2D eigenvalue weighted by Crippen LogP contribution is -2.52. The molecule has 138 valence electrons. The fourth-order valence-corrected chi connectivity index (χ4v) is 5.01. The monoisotopic (exact) mass is 352 g/mol. The maximum Gasteiger partial charge on any atom is 0.168 e. The molecule has 2 heterocycles. The third-order valence-electron chi connectivity index (χ3n) is 6.47. The molecular weight excluding hydrogens is 324 g/mol. The van der Waals surface area contributed by atoms with Crippen molar-refractivity contribution in [2.45, 2.75) is 37.5 Å². The standard InChI is InChI=1S/C22H28N2O2/c1-2-6-20-18(4-1)5-3-7-21(20)24-14-12-23(13-15-24)19-8-10-22(11-9-19)25-16-17-26-22/h1-7,19H,8-17H2. The molecule has 0 aromatic heterocycles. The first-order valence-corrected chi connectivity index (χ1v) is 10.1. The number of nitrogens with zero attached hydrogens (tertiary/aromatic N) is 2. The maximum absolute atomic E-state index is 5.88. The van der Waals surface area contributed by atoms with Crippen LogP contribution in [0.1, 0.15) is 25.7 Å². The van der Waals surface area contributed by atoms with Gasteiger partial charge in [0.25, 0.3) is 0 Å². The second-order valence-electron chi connectivity index (χ2n) is 7.86. The number of hydrogen-bond donors (Lipinski definition) is 0. The van der Waals surface area contributed by atoms with Crippen LogP contribution in [0.15, 0.2) is 42.5 Å². The molecule has 3 aliphatic rings. The first-order chi connectivity index (χ1) is 12.8. The van der Waals surface area contributed by atoms with Crippen LogP contribution < -0.4 is 4.90 Å². The summed E-state index contributed by atoms with van der Waals surface area (Å²) in [6.45, 7) is 6.08. The highest BCUT2D eigenvalue weighted by Gasteiger charge is 2.41. The van der Waals surface area contributed by atoms with Crippen molar-refractivity contribution >= 4 is 16.5 Å². The second kappa shape index (κ2) is 6.84. The van der Waals surface area contributed by atoms with Crippen molar-refractivity contribution in [3.05, 3.63) is 42.5 Å². The van der Waals surface area contributed by atoms with Gasteiger partial charge < -0.3 is 14.4 Å². The number of piperazine rings is 1. The molecule has 0 N–H and O–H groups in total. The Labute approximate surface area is 155 Å². The molecule has 26 heavy (non-hydrogen) atoms. The fraction of sp³-hybridized carbons (Fsp3) is 0.545. The minimum Gasteiger partial charge on any atom is -0.368 e. The Kier molecular flexibility index (Phi) is 4.35. The van der Waals surface area contributed by atoms with Crippen LogP contribution in [0.25, 0.3) is 10.8 Å². The van der Waals surface area contributed by atoms with Crippen molar-refractivity contribution in [3.8, 4) is 0 Å². The molecule has 1 aliphatic carbocycles. The van der Waals surface area contributed by atoms with E-state index >= 15 is 0 Å². The van der Waals surface area contributed by atoms with E-state index in [1.165, 1.54) is 29.3 Å². The summed E-state index contributed by atoms with van der Waals surface area (Å²) in [4.78, 5) is 5.26. The van der Waals surface area contributed by atoms with Crippen molar-refractivity contribution < 1.29 is 9.47 Å². The van der Waals surface area contributed by atoms with E-state index in [9.17, 15) is 0 Å². The van der Waals surface area contributed by atoms with Gasteiger partial charge in [0, 0.05) is 56.1 Å². The van der Waals surface area contributed by atoms with Crippen molar-refractivity contribution in [2.75, 3.05) is 44.3 Å². The molecule has 2 aromatic carbocycles. The molecule has 2 aromatic rings. The molecule has 0 radical (unpaired) electrons. The van der Waals surface area contributed by atoms with Gasteiger partial charge >= 0.3 is 0 Å². The molecule has 1 spiro atoms. The Morgan fingerprint density at radius 1 is 0.808 bits per heavy atom. The largest absolute Gasteiger partial charge is 0.368 e. The minimum absolute atomic E-state index is 0.235. The summed E-state index contributed by atoms with van der Waals surface area (Å²) in [5.74, 6) is -0.235. The predicted molar refractivity (Wildman–Crippen MR) is 105 cm³/mol. The Bertz CT molecular complexity index is 748. The number of ether oxygens (including phenoxy) is 2. The van der Waals surface area contributed by atoms with E-state index in [-0.39, 0.29) is 5.79 Å². The van der Waals surface area contributed by atoms with Crippen LogP contribution in [0.4, 0.5) is 5.69 Å². The van der Waals surface area contributed by atoms with E-state index in [1.54, 1.807) is 0 Å². The van der Waals surface area contributed by atoms with Gasteiger partial charge in [0.15, 0.2) is 5.79 Å². The van der Waals surface area contributed by atoms with Crippen LogP contribution in [0.2, 0.25) is 0 Å². The molecule has 0 atom stereocenters. The number of benzene rings is 2. The Balaban J connectivity index is 1.22. The van der Waals surface area contributed by atoms with Crippen molar-refractivity contribution in [1.82, 2.24) is 4.90 Å². The van der Waals surface area contributed by atoms with Crippen LogP contribution in [-0.4, -0.2) is 56.1 Å². The lowest BCUT2D eigenvalue weighted by atomic mass is 9.88. The molecule has 2 saturated heterocycles. The normalized spacial score (nSPS) is 24.5. The van der Waals surface area contributed by atoms with Gasteiger partial charge in [0.05, 0.1) is 13.2 Å². The smallest absolute Gasteiger partial charge is 0.168 e. The quantitative estimate of drug-likeness (QED) is 0.824. The van der Waals surface area contributed by atoms with Gasteiger partial charge in [-0.2, -0.15) is 0 Å². The van der Waals surface area contributed by atoms with Crippen LogP contribution in [0.3, 0.4) is 0 Å². The summed E-state index contributed by atoms with van der Waals surface area (Å²) in [6.07, 6.45) is 4.52. The highest BCUT2D eigenvalue weighted by molar-refractivity contribution is 5.94. The van der Waals surface area contributed by atoms with E-state index in [4.69, 9.17) is 9.47 Å². The summed E-state index contributed by atoms with van der Waals surface area (Å²) >= 11 is 0. The van der Waals surface area contributed by atoms with Gasteiger partial charge in [-0.15, -0.1) is 0 Å². The molecule has 5 rings (SSSR count). The molecular formula is C22H28N2O2. The Hall–Kier alpha value is -1.62. The number of fused-ring (bicyclic) bond motifs is 1. The first-order valence-electron chi connectivity index (χ1n) is 10.1. The van der Waals surface area contributed by atoms with E-state index in [2.05, 4.69) is 52.3 Å². The third-order valence-corrected chi connectivity index (χ3v) is 6.47. The Morgan fingerprint density at radius 3 is 2.27 bits per heavy atom. The van der Waals surface area contributed by atoms with E-state index < -0.39 is 0 Å². The summed E-state index contributed by atoms with van der Waals surface area (Å²) < 4.78 is 11.8. The predicted octanol–water partition coefficient (Wildman–Crippen LogP) is 3.65. The number of hydrogen-bond acceptors (Lipinski definition) is 4. The zero-order chi connectivity index (χ0) is 17.4. The third kappa shape index (κ3) is 3.00. The fourth-order valence-electron chi connectivity index (χ4n) is 5.01. The van der Waals surface area contributed by atoms with E-state index in [1.807, 2.05) is 0 Å².